The minimum atomic E-state index is -0.122. The molecular weight excluding hydrogens is 216 g/mol. The van der Waals surface area contributed by atoms with Crippen molar-refractivity contribution in [2.75, 3.05) is 13.1 Å². The van der Waals surface area contributed by atoms with Crippen LogP contribution in [0.5, 0.6) is 5.75 Å². The van der Waals surface area contributed by atoms with Gasteiger partial charge in [-0.2, -0.15) is 0 Å². The fourth-order valence-corrected chi connectivity index (χ4v) is 2.43. The average Bonchev–Trinajstić information content (AvgIpc) is 2.70. The van der Waals surface area contributed by atoms with Gasteiger partial charge in [-0.1, -0.05) is 19.1 Å². The van der Waals surface area contributed by atoms with Gasteiger partial charge in [-0.05, 0) is 24.5 Å². The Morgan fingerprint density at radius 3 is 2.88 bits per heavy atom. The highest BCUT2D eigenvalue weighted by Crippen LogP contribution is 2.27. The quantitative estimate of drug-likeness (QED) is 0.808. The molecule has 0 aromatic heterocycles. The molecule has 3 N–H and O–H groups in total. The summed E-state index contributed by atoms with van der Waals surface area (Å²) in [5, 5.41) is 9.69. The Labute approximate surface area is 101 Å². The van der Waals surface area contributed by atoms with Gasteiger partial charge in [0.15, 0.2) is 0 Å². The van der Waals surface area contributed by atoms with Gasteiger partial charge in [-0.3, -0.25) is 4.79 Å². The molecule has 2 atom stereocenters. The third-order valence-electron chi connectivity index (χ3n) is 3.52. The van der Waals surface area contributed by atoms with Crippen LogP contribution in [0.1, 0.15) is 23.7 Å². The lowest BCUT2D eigenvalue weighted by Gasteiger charge is -2.26. The van der Waals surface area contributed by atoms with E-state index in [1.165, 1.54) is 6.07 Å². The number of carbonyl (C=O) groups is 1. The molecule has 1 aliphatic heterocycles. The fraction of sp³-hybridized carbons (Fsp3) is 0.462. The molecule has 1 aliphatic rings. The van der Waals surface area contributed by atoms with Crippen molar-refractivity contribution in [3.05, 3.63) is 29.8 Å². The van der Waals surface area contributed by atoms with Crippen molar-refractivity contribution in [2.45, 2.75) is 19.4 Å². The average molecular weight is 234 g/mol. The molecule has 1 aromatic carbocycles. The van der Waals surface area contributed by atoms with Crippen molar-refractivity contribution in [3.63, 3.8) is 0 Å². The molecule has 0 bridgehead atoms. The molecule has 1 amide bonds. The maximum absolute atomic E-state index is 12.3. The van der Waals surface area contributed by atoms with Crippen molar-refractivity contribution in [1.29, 1.82) is 0 Å². The largest absolute Gasteiger partial charge is 0.507 e. The second-order valence-corrected chi connectivity index (χ2v) is 4.58. The van der Waals surface area contributed by atoms with E-state index in [9.17, 15) is 9.90 Å². The van der Waals surface area contributed by atoms with E-state index in [1.807, 2.05) is 0 Å². The number of nitrogens with two attached hydrogens (primary N) is 1. The SMILES string of the molecule is CC1CCN(C(=O)c2ccccc2O)C1CN. The summed E-state index contributed by atoms with van der Waals surface area (Å²) in [7, 11) is 0. The van der Waals surface area contributed by atoms with Crippen LogP contribution in [0.4, 0.5) is 0 Å². The lowest BCUT2D eigenvalue weighted by Crippen LogP contribution is -2.42. The number of hydrogen-bond acceptors (Lipinski definition) is 3. The summed E-state index contributed by atoms with van der Waals surface area (Å²) < 4.78 is 0. The fourth-order valence-electron chi connectivity index (χ4n) is 2.43. The van der Waals surface area contributed by atoms with Crippen LogP contribution >= 0.6 is 0 Å². The van der Waals surface area contributed by atoms with Gasteiger partial charge >= 0.3 is 0 Å². The summed E-state index contributed by atoms with van der Waals surface area (Å²) in [5.41, 5.74) is 6.07. The summed E-state index contributed by atoms with van der Waals surface area (Å²) in [4.78, 5) is 14.1. The molecule has 0 spiro atoms. The van der Waals surface area contributed by atoms with E-state index in [0.717, 1.165) is 13.0 Å². The molecule has 4 heteroatoms. The predicted octanol–water partition coefficient (Wildman–Crippen LogP) is 1.20. The molecule has 1 aromatic rings. The Bertz CT molecular complexity index is 420. The Hall–Kier alpha value is -1.55. The maximum Gasteiger partial charge on any atom is 0.257 e. The van der Waals surface area contributed by atoms with Crippen LogP contribution in [0.25, 0.3) is 0 Å². The van der Waals surface area contributed by atoms with Gasteiger partial charge in [-0.25, -0.2) is 0 Å². The summed E-state index contributed by atoms with van der Waals surface area (Å²) in [6, 6.07) is 6.73. The van der Waals surface area contributed by atoms with E-state index in [-0.39, 0.29) is 17.7 Å². The van der Waals surface area contributed by atoms with Crippen molar-refractivity contribution in [2.24, 2.45) is 11.7 Å². The molecule has 0 saturated carbocycles. The molecule has 1 saturated heterocycles. The van der Waals surface area contributed by atoms with E-state index < -0.39 is 0 Å². The number of amides is 1. The Kier molecular flexibility index (Phi) is 3.33. The summed E-state index contributed by atoms with van der Waals surface area (Å²) >= 11 is 0. The van der Waals surface area contributed by atoms with Crippen LogP contribution < -0.4 is 5.73 Å². The lowest BCUT2D eigenvalue weighted by molar-refractivity contribution is 0.0724. The van der Waals surface area contributed by atoms with Gasteiger partial charge in [-0.15, -0.1) is 0 Å². The Morgan fingerprint density at radius 1 is 1.53 bits per heavy atom. The zero-order valence-corrected chi connectivity index (χ0v) is 9.97. The number of hydrogen-bond donors (Lipinski definition) is 2. The molecule has 0 radical (unpaired) electrons. The number of rotatable bonds is 2. The molecule has 2 rings (SSSR count). The van der Waals surface area contributed by atoms with Crippen LogP contribution in [-0.2, 0) is 0 Å². The van der Waals surface area contributed by atoms with Gasteiger partial charge in [0.2, 0.25) is 0 Å². The van der Waals surface area contributed by atoms with Crippen LogP contribution in [0.2, 0.25) is 0 Å². The number of phenolic OH excluding ortho intramolecular Hbond substituents is 1. The van der Waals surface area contributed by atoms with Gasteiger partial charge in [0.05, 0.1) is 5.56 Å². The third kappa shape index (κ3) is 2.13. The molecule has 0 aliphatic carbocycles. The van der Waals surface area contributed by atoms with Crippen molar-refractivity contribution in [1.82, 2.24) is 4.90 Å². The molecule has 92 valence electrons. The molecule has 1 fully saturated rings. The van der Waals surface area contributed by atoms with E-state index in [0.29, 0.717) is 18.0 Å². The lowest BCUT2D eigenvalue weighted by atomic mass is 10.0. The first-order chi connectivity index (χ1) is 8.15. The number of likely N-dealkylation sites (tertiary alicyclic amines) is 1. The molecular formula is C13H18N2O2. The second kappa shape index (κ2) is 4.75. The number of benzene rings is 1. The topological polar surface area (TPSA) is 66.6 Å². The highest BCUT2D eigenvalue weighted by atomic mass is 16.3. The molecule has 2 unspecified atom stereocenters. The number of aromatic hydroxyl groups is 1. The standard InChI is InChI=1S/C13H18N2O2/c1-9-6-7-15(11(9)8-14)13(17)10-4-2-3-5-12(10)16/h2-5,9,11,16H,6-8,14H2,1H3. The van der Waals surface area contributed by atoms with Crippen LogP contribution in [-0.4, -0.2) is 35.0 Å². The number of nitrogens with zero attached hydrogens (tertiary/aromatic N) is 1. The number of phenols is 1. The van der Waals surface area contributed by atoms with Crippen LogP contribution in [0.15, 0.2) is 24.3 Å². The summed E-state index contributed by atoms with van der Waals surface area (Å²) in [6.45, 7) is 3.30. The number of para-hydroxylation sites is 1. The predicted molar refractivity (Wildman–Crippen MR) is 65.8 cm³/mol. The minimum absolute atomic E-state index is 0.0350. The zero-order valence-electron chi connectivity index (χ0n) is 9.97. The normalized spacial score (nSPS) is 24.0. The zero-order chi connectivity index (χ0) is 12.4. The van der Waals surface area contributed by atoms with E-state index >= 15 is 0 Å². The minimum Gasteiger partial charge on any atom is -0.507 e. The summed E-state index contributed by atoms with van der Waals surface area (Å²) in [5.74, 6) is 0.338. The van der Waals surface area contributed by atoms with Gasteiger partial charge < -0.3 is 15.7 Å². The van der Waals surface area contributed by atoms with Crippen molar-refractivity contribution < 1.29 is 9.90 Å². The summed E-state index contributed by atoms with van der Waals surface area (Å²) in [6.07, 6.45) is 0.973. The monoisotopic (exact) mass is 234 g/mol. The molecule has 1 heterocycles. The van der Waals surface area contributed by atoms with E-state index in [1.54, 1.807) is 23.1 Å². The smallest absolute Gasteiger partial charge is 0.257 e. The number of carbonyl (C=O) groups excluding carboxylic acids is 1. The Balaban J connectivity index is 2.24. The van der Waals surface area contributed by atoms with Gasteiger partial charge in [0.25, 0.3) is 5.91 Å². The van der Waals surface area contributed by atoms with Gasteiger partial charge in [0.1, 0.15) is 5.75 Å². The highest BCUT2D eigenvalue weighted by Gasteiger charge is 2.34. The van der Waals surface area contributed by atoms with Crippen LogP contribution in [0.3, 0.4) is 0 Å². The van der Waals surface area contributed by atoms with E-state index in [4.69, 9.17) is 5.73 Å². The first kappa shape index (κ1) is 11.9. The van der Waals surface area contributed by atoms with Crippen molar-refractivity contribution >= 4 is 5.91 Å². The van der Waals surface area contributed by atoms with Crippen molar-refractivity contribution in [3.8, 4) is 5.75 Å². The van der Waals surface area contributed by atoms with Gasteiger partial charge in [0, 0.05) is 19.1 Å². The first-order valence-electron chi connectivity index (χ1n) is 5.94. The molecule has 17 heavy (non-hydrogen) atoms. The maximum atomic E-state index is 12.3. The second-order valence-electron chi connectivity index (χ2n) is 4.58. The highest BCUT2D eigenvalue weighted by molar-refractivity contribution is 5.97. The van der Waals surface area contributed by atoms with Crippen LogP contribution in [0, 0.1) is 5.92 Å². The molecule has 4 nitrogen and oxygen atoms in total. The first-order valence-corrected chi connectivity index (χ1v) is 5.94. The van der Waals surface area contributed by atoms with E-state index in [2.05, 4.69) is 6.92 Å². The Morgan fingerprint density at radius 2 is 2.24 bits per heavy atom. The third-order valence-corrected chi connectivity index (χ3v) is 3.52.